The molecule has 3 fully saturated rings. The third kappa shape index (κ3) is 2.70. The maximum atomic E-state index is 11.2. The summed E-state index contributed by atoms with van der Waals surface area (Å²) in [7, 11) is 0. The van der Waals surface area contributed by atoms with Crippen LogP contribution in [0.15, 0.2) is 18.3 Å². The van der Waals surface area contributed by atoms with E-state index in [-0.39, 0.29) is 24.4 Å². The number of hydrogen-bond acceptors (Lipinski definition) is 6. The van der Waals surface area contributed by atoms with Crippen molar-refractivity contribution < 1.29 is 28.5 Å². The number of aromatic nitrogens is 1. The first-order valence-corrected chi connectivity index (χ1v) is 8.25. The lowest BCUT2D eigenvalue weighted by Gasteiger charge is -2.37. The Kier molecular flexibility index (Phi) is 3.63. The Bertz CT molecular complexity index is 639. The highest BCUT2D eigenvalue weighted by Gasteiger charge is 2.60. The van der Waals surface area contributed by atoms with Crippen molar-refractivity contribution in [3.8, 4) is 0 Å². The zero-order valence-corrected chi connectivity index (χ0v) is 14.3. The van der Waals surface area contributed by atoms with Gasteiger partial charge >= 0.3 is 0 Å². The summed E-state index contributed by atoms with van der Waals surface area (Å²) in [5, 5.41) is 0. The first-order chi connectivity index (χ1) is 11.3. The van der Waals surface area contributed by atoms with E-state index in [1.54, 1.807) is 6.07 Å². The molecule has 7 nitrogen and oxygen atoms in total. The molecule has 1 aromatic rings. The van der Waals surface area contributed by atoms with E-state index in [2.05, 4.69) is 0 Å². The van der Waals surface area contributed by atoms with Crippen LogP contribution in [0.3, 0.4) is 0 Å². The SMILES string of the molecule is CC1(C)O[C@H]2[C@@H](O1)[C@@H](Cn1cccc1C=O)O[C@@H]1OC(C)(C)O[C@@H]12. The molecule has 0 N–H and O–H groups in total. The molecule has 5 atom stereocenters. The molecule has 132 valence electrons. The standard InChI is InChI=1S/C17H23NO6/c1-16(2)21-12-11(8-18-7-5-6-10(18)9-19)20-15-14(13(12)22-16)23-17(3,4)24-15/h5-7,9,11-15H,8H2,1-4H3/t11-,12+,13+,14-,15-/m1/s1. The third-order valence-corrected chi connectivity index (χ3v) is 4.61. The molecule has 0 spiro atoms. The number of nitrogens with zero attached hydrogens (tertiary/aromatic N) is 1. The number of carbonyl (C=O) groups is 1. The largest absolute Gasteiger partial charge is 0.343 e. The van der Waals surface area contributed by atoms with Gasteiger partial charge in [0.05, 0.1) is 12.2 Å². The number of carbonyl (C=O) groups excluding carboxylic acids is 1. The molecule has 0 radical (unpaired) electrons. The van der Waals surface area contributed by atoms with Crippen molar-refractivity contribution in [1.29, 1.82) is 0 Å². The second-order valence-corrected chi connectivity index (χ2v) is 7.41. The van der Waals surface area contributed by atoms with Crippen LogP contribution in [-0.2, 0) is 30.2 Å². The number of hydrogen-bond donors (Lipinski definition) is 0. The monoisotopic (exact) mass is 337 g/mol. The van der Waals surface area contributed by atoms with Gasteiger partial charge in [0.2, 0.25) is 0 Å². The normalized spacial score (nSPS) is 39.4. The van der Waals surface area contributed by atoms with Crippen molar-refractivity contribution >= 4 is 6.29 Å². The molecule has 0 aliphatic carbocycles. The zero-order chi connectivity index (χ0) is 17.1. The highest BCUT2D eigenvalue weighted by Crippen LogP contribution is 2.44. The molecule has 3 aliphatic heterocycles. The summed E-state index contributed by atoms with van der Waals surface area (Å²) in [5.74, 6) is -1.45. The van der Waals surface area contributed by atoms with Crippen LogP contribution >= 0.6 is 0 Å². The van der Waals surface area contributed by atoms with Crippen molar-refractivity contribution in [1.82, 2.24) is 4.57 Å². The fraction of sp³-hybridized carbons (Fsp3) is 0.706. The van der Waals surface area contributed by atoms with Crippen LogP contribution in [0, 0.1) is 0 Å². The van der Waals surface area contributed by atoms with E-state index in [1.807, 2.05) is 44.5 Å². The molecule has 4 heterocycles. The van der Waals surface area contributed by atoms with E-state index in [0.29, 0.717) is 12.2 Å². The maximum absolute atomic E-state index is 11.2. The molecule has 3 saturated heterocycles. The number of fused-ring (bicyclic) bond motifs is 3. The fourth-order valence-corrected chi connectivity index (χ4v) is 3.73. The van der Waals surface area contributed by atoms with Crippen LogP contribution in [-0.4, -0.2) is 53.1 Å². The summed E-state index contributed by atoms with van der Waals surface area (Å²) >= 11 is 0. The van der Waals surface area contributed by atoms with Gasteiger partial charge in [-0.05, 0) is 39.8 Å². The van der Waals surface area contributed by atoms with Crippen LogP contribution in [0.5, 0.6) is 0 Å². The van der Waals surface area contributed by atoms with E-state index in [4.69, 9.17) is 23.7 Å². The van der Waals surface area contributed by atoms with Gasteiger partial charge in [0.15, 0.2) is 24.2 Å². The van der Waals surface area contributed by atoms with Crippen molar-refractivity contribution in [2.45, 2.75) is 76.5 Å². The summed E-state index contributed by atoms with van der Waals surface area (Å²) in [6.07, 6.45) is 0.961. The van der Waals surface area contributed by atoms with Gasteiger partial charge in [0.1, 0.15) is 24.4 Å². The van der Waals surface area contributed by atoms with Gasteiger partial charge in [-0.1, -0.05) is 0 Å². The van der Waals surface area contributed by atoms with Gasteiger partial charge in [-0.15, -0.1) is 0 Å². The van der Waals surface area contributed by atoms with Gasteiger partial charge < -0.3 is 28.3 Å². The van der Waals surface area contributed by atoms with Crippen LogP contribution in [0.2, 0.25) is 0 Å². The summed E-state index contributed by atoms with van der Waals surface area (Å²) in [6.45, 7) is 7.95. The highest BCUT2D eigenvalue weighted by molar-refractivity contribution is 5.72. The second kappa shape index (κ2) is 5.37. The number of rotatable bonds is 3. The van der Waals surface area contributed by atoms with Crippen molar-refractivity contribution in [3.05, 3.63) is 24.0 Å². The number of aldehydes is 1. The Balaban J connectivity index is 1.61. The van der Waals surface area contributed by atoms with Crippen LogP contribution in [0.4, 0.5) is 0 Å². The Morgan fingerprint density at radius 3 is 2.46 bits per heavy atom. The summed E-state index contributed by atoms with van der Waals surface area (Å²) in [5.41, 5.74) is 0.597. The minimum Gasteiger partial charge on any atom is -0.343 e. The fourth-order valence-electron chi connectivity index (χ4n) is 3.73. The molecule has 0 saturated carbocycles. The van der Waals surface area contributed by atoms with Crippen LogP contribution in [0.1, 0.15) is 38.2 Å². The minimum atomic E-state index is -0.730. The quantitative estimate of drug-likeness (QED) is 0.782. The Labute approximate surface area is 140 Å². The first kappa shape index (κ1) is 16.2. The molecule has 7 heteroatoms. The van der Waals surface area contributed by atoms with Crippen molar-refractivity contribution in [2.24, 2.45) is 0 Å². The van der Waals surface area contributed by atoms with Crippen molar-refractivity contribution in [3.63, 3.8) is 0 Å². The van der Waals surface area contributed by atoms with Gasteiger partial charge in [-0.25, -0.2) is 0 Å². The van der Waals surface area contributed by atoms with Gasteiger partial charge in [0, 0.05) is 6.20 Å². The molecule has 0 aromatic carbocycles. The molecule has 0 unspecified atom stereocenters. The molecule has 1 aromatic heterocycles. The van der Waals surface area contributed by atoms with E-state index in [0.717, 1.165) is 6.29 Å². The molecule has 4 rings (SSSR count). The lowest BCUT2D eigenvalue weighted by atomic mass is 9.99. The molecular formula is C17H23NO6. The Hall–Kier alpha value is -1.25. The van der Waals surface area contributed by atoms with Crippen LogP contribution in [0.25, 0.3) is 0 Å². The predicted octanol–water partition coefficient (Wildman–Crippen LogP) is 1.70. The highest BCUT2D eigenvalue weighted by atomic mass is 16.9. The molecule has 0 amide bonds. The average Bonchev–Trinajstić information content (AvgIpc) is 3.13. The molecule has 24 heavy (non-hydrogen) atoms. The Morgan fingerprint density at radius 1 is 1.04 bits per heavy atom. The van der Waals surface area contributed by atoms with Gasteiger partial charge in [-0.2, -0.15) is 0 Å². The number of ether oxygens (including phenoxy) is 5. The smallest absolute Gasteiger partial charge is 0.190 e. The molecule has 3 aliphatic rings. The second-order valence-electron chi connectivity index (χ2n) is 7.41. The van der Waals surface area contributed by atoms with Crippen molar-refractivity contribution in [2.75, 3.05) is 0 Å². The summed E-state index contributed by atoms with van der Waals surface area (Å²) in [6, 6.07) is 3.60. The lowest BCUT2D eigenvalue weighted by molar-refractivity contribution is -0.236. The molecular weight excluding hydrogens is 314 g/mol. The van der Waals surface area contributed by atoms with Crippen LogP contribution < -0.4 is 0 Å². The summed E-state index contributed by atoms with van der Waals surface area (Å²) in [4.78, 5) is 11.2. The third-order valence-electron chi connectivity index (χ3n) is 4.61. The van der Waals surface area contributed by atoms with E-state index < -0.39 is 17.9 Å². The Morgan fingerprint density at radius 2 is 1.71 bits per heavy atom. The molecule has 0 bridgehead atoms. The lowest BCUT2D eigenvalue weighted by Crippen LogP contribution is -2.56. The van der Waals surface area contributed by atoms with Gasteiger partial charge in [-0.3, -0.25) is 4.79 Å². The average molecular weight is 337 g/mol. The predicted molar refractivity (Wildman–Crippen MR) is 82.3 cm³/mol. The topological polar surface area (TPSA) is 68.2 Å². The summed E-state index contributed by atoms with van der Waals surface area (Å²) < 4.78 is 32.0. The first-order valence-electron chi connectivity index (χ1n) is 8.25. The van der Waals surface area contributed by atoms with Gasteiger partial charge in [0.25, 0.3) is 0 Å². The maximum Gasteiger partial charge on any atom is 0.190 e. The van der Waals surface area contributed by atoms with E-state index >= 15 is 0 Å². The van der Waals surface area contributed by atoms with E-state index in [9.17, 15) is 4.79 Å². The minimum absolute atomic E-state index is 0.277. The zero-order valence-electron chi connectivity index (χ0n) is 14.3. The van der Waals surface area contributed by atoms with E-state index in [1.165, 1.54) is 0 Å².